The molecule has 1 saturated carbocycles. The first kappa shape index (κ1) is 14.1. The number of carbonyl (C=O) groups excluding carboxylic acids is 2. The van der Waals surface area contributed by atoms with Crippen LogP contribution in [0.1, 0.15) is 43.0 Å². The smallest absolute Gasteiger partial charge is 0.338 e. The molecule has 0 spiro atoms. The number of hydrogen-bond donors (Lipinski definition) is 0. The van der Waals surface area contributed by atoms with Crippen molar-refractivity contribution in [3.05, 3.63) is 48.0 Å². The van der Waals surface area contributed by atoms with Gasteiger partial charge in [0.05, 0.1) is 5.56 Å². The molecule has 3 heteroatoms. The van der Waals surface area contributed by atoms with Gasteiger partial charge >= 0.3 is 5.97 Å². The fourth-order valence-electron chi connectivity index (χ4n) is 3.41. The van der Waals surface area contributed by atoms with Crippen LogP contribution in [0.15, 0.2) is 42.5 Å². The first-order valence-corrected chi connectivity index (χ1v) is 7.55. The molecule has 3 atom stereocenters. The molecule has 0 amide bonds. The first-order valence-electron chi connectivity index (χ1n) is 7.55. The summed E-state index contributed by atoms with van der Waals surface area (Å²) in [5.41, 5.74) is 0.675. The molecular weight excluding hydrogens is 264 g/mol. The number of ether oxygens (including phenoxy) is 1. The number of allylic oxidation sites excluding steroid dienone is 2. The predicted molar refractivity (Wildman–Crippen MR) is 79.9 cm³/mol. The summed E-state index contributed by atoms with van der Waals surface area (Å²) < 4.78 is 5.63. The van der Waals surface area contributed by atoms with Gasteiger partial charge in [0.1, 0.15) is 6.10 Å². The zero-order chi connectivity index (χ0) is 14.9. The van der Waals surface area contributed by atoms with Gasteiger partial charge in [0.2, 0.25) is 0 Å². The molecule has 0 saturated heterocycles. The molecule has 0 N–H and O–H groups in total. The maximum absolute atomic E-state index is 12.1. The zero-order valence-corrected chi connectivity index (χ0v) is 12.2. The molecule has 1 unspecified atom stereocenters. The highest BCUT2D eigenvalue weighted by atomic mass is 16.5. The van der Waals surface area contributed by atoms with Gasteiger partial charge in [-0.1, -0.05) is 31.2 Å². The molecule has 1 aromatic rings. The monoisotopic (exact) mass is 284 g/mol. The van der Waals surface area contributed by atoms with Crippen LogP contribution in [-0.4, -0.2) is 17.9 Å². The van der Waals surface area contributed by atoms with Crippen molar-refractivity contribution in [1.29, 1.82) is 0 Å². The lowest BCUT2D eigenvalue weighted by molar-refractivity contribution is -0.118. The van der Waals surface area contributed by atoms with E-state index in [1.165, 1.54) is 0 Å². The van der Waals surface area contributed by atoms with Crippen molar-refractivity contribution < 1.29 is 14.3 Å². The van der Waals surface area contributed by atoms with E-state index >= 15 is 0 Å². The minimum atomic E-state index is -0.262. The summed E-state index contributed by atoms with van der Waals surface area (Å²) in [6, 6.07) is 9.07. The minimum absolute atomic E-state index is 0.0740. The van der Waals surface area contributed by atoms with Crippen molar-refractivity contribution in [2.75, 3.05) is 0 Å². The lowest BCUT2D eigenvalue weighted by Crippen LogP contribution is -2.39. The Hall–Kier alpha value is -1.90. The van der Waals surface area contributed by atoms with Gasteiger partial charge in [-0.3, -0.25) is 4.79 Å². The summed E-state index contributed by atoms with van der Waals surface area (Å²) in [5.74, 6) is 0.215. The lowest BCUT2D eigenvalue weighted by Gasteiger charge is -2.43. The second-order valence-corrected chi connectivity index (χ2v) is 6.37. The maximum Gasteiger partial charge on any atom is 0.338 e. The molecule has 110 valence electrons. The van der Waals surface area contributed by atoms with Gasteiger partial charge in [0.15, 0.2) is 5.78 Å². The van der Waals surface area contributed by atoms with Crippen LogP contribution >= 0.6 is 0 Å². The topological polar surface area (TPSA) is 43.4 Å². The first-order chi connectivity index (χ1) is 10.1. The van der Waals surface area contributed by atoms with E-state index in [4.69, 9.17) is 4.74 Å². The number of esters is 1. The summed E-state index contributed by atoms with van der Waals surface area (Å²) in [6.45, 7) is 2.20. The number of ketones is 1. The summed E-state index contributed by atoms with van der Waals surface area (Å²) in [4.78, 5) is 23.7. The van der Waals surface area contributed by atoms with E-state index < -0.39 is 0 Å². The van der Waals surface area contributed by atoms with E-state index in [0.29, 0.717) is 12.0 Å². The average Bonchev–Trinajstić information content (AvgIpc) is 2.49. The van der Waals surface area contributed by atoms with Crippen molar-refractivity contribution in [3.63, 3.8) is 0 Å². The van der Waals surface area contributed by atoms with Crippen molar-refractivity contribution >= 4 is 11.8 Å². The molecule has 3 rings (SSSR count). The number of benzene rings is 1. The summed E-state index contributed by atoms with van der Waals surface area (Å²) in [7, 11) is 0. The van der Waals surface area contributed by atoms with E-state index in [-0.39, 0.29) is 29.2 Å². The molecule has 0 aromatic heterocycles. The standard InChI is InChI=1S/C18H20O3/c1-18-9-7-15(19)11-14(18)12-16(8-10-18)21-17(20)13-5-3-2-4-6-13/h2-7,9,14,16H,8,10-12H2,1H3/t14?,16-,18-/m0/s1. The van der Waals surface area contributed by atoms with Gasteiger partial charge in [-0.05, 0) is 48.8 Å². The third-order valence-electron chi connectivity index (χ3n) is 4.87. The second kappa shape index (κ2) is 5.47. The molecule has 2 aliphatic rings. The van der Waals surface area contributed by atoms with Crippen LogP contribution in [0.2, 0.25) is 0 Å². The van der Waals surface area contributed by atoms with E-state index in [1.807, 2.05) is 18.2 Å². The Morgan fingerprint density at radius 1 is 1.29 bits per heavy atom. The van der Waals surface area contributed by atoms with Crippen molar-refractivity contribution in [3.8, 4) is 0 Å². The number of carbonyl (C=O) groups is 2. The molecule has 2 aliphatic carbocycles. The van der Waals surface area contributed by atoms with Crippen molar-refractivity contribution in [1.82, 2.24) is 0 Å². The maximum atomic E-state index is 12.1. The van der Waals surface area contributed by atoms with Crippen LogP contribution in [0.3, 0.4) is 0 Å². The van der Waals surface area contributed by atoms with E-state index in [0.717, 1.165) is 19.3 Å². The second-order valence-electron chi connectivity index (χ2n) is 6.37. The van der Waals surface area contributed by atoms with Crippen LogP contribution in [0.4, 0.5) is 0 Å². The average molecular weight is 284 g/mol. The fraction of sp³-hybridized carbons (Fsp3) is 0.444. The molecule has 0 bridgehead atoms. The Kier molecular flexibility index (Phi) is 3.66. The Bertz CT molecular complexity index is 575. The highest BCUT2D eigenvalue weighted by Gasteiger charge is 2.42. The van der Waals surface area contributed by atoms with Gasteiger partial charge in [-0.25, -0.2) is 4.79 Å². The van der Waals surface area contributed by atoms with Crippen LogP contribution in [0.5, 0.6) is 0 Å². The Labute approximate surface area is 125 Å². The highest BCUT2D eigenvalue weighted by Crippen LogP contribution is 2.46. The fourth-order valence-corrected chi connectivity index (χ4v) is 3.41. The SMILES string of the molecule is C[C@@]12C=CC(=O)CC1C[C@@H](OC(=O)c1ccccc1)CC2. The molecule has 0 heterocycles. The number of fused-ring (bicyclic) bond motifs is 1. The minimum Gasteiger partial charge on any atom is -0.459 e. The van der Waals surface area contributed by atoms with Crippen LogP contribution in [0.25, 0.3) is 0 Å². The van der Waals surface area contributed by atoms with Crippen molar-refractivity contribution in [2.45, 2.75) is 38.7 Å². The molecule has 0 radical (unpaired) electrons. The predicted octanol–water partition coefficient (Wildman–Crippen LogP) is 3.55. The van der Waals surface area contributed by atoms with E-state index in [9.17, 15) is 9.59 Å². The number of rotatable bonds is 2. The van der Waals surface area contributed by atoms with Gasteiger partial charge < -0.3 is 4.74 Å². The third-order valence-corrected chi connectivity index (χ3v) is 4.87. The molecule has 1 fully saturated rings. The van der Waals surface area contributed by atoms with Gasteiger partial charge in [0, 0.05) is 6.42 Å². The van der Waals surface area contributed by atoms with Gasteiger partial charge in [-0.15, -0.1) is 0 Å². The molecule has 21 heavy (non-hydrogen) atoms. The Morgan fingerprint density at radius 2 is 2.05 bits per heavy atom. The van der Waals surface area contributed by atoms with Gasteiger partial charge in [-0.2, -0.15) is 0 Å². The largest absolute Gasteiger partial charge is 0.459 e. The summed E-state index contributed by atoms with van der Waals surface area (Å²) >= 11 is 0. The third kappa shape index (κ3) is 2.92. The lowest BCUT2D eigenvalue weighted by atomic mass is 9.63. The van der Waals surface area contributed by atoms with E-state index in [1.54, 1.807) is 18.2 Å². The van der Waals surface area contributed by atoms with Crippen LogP contribution in [0, 0.1) is 11.3 Å². The summed E-state index contributed by atoms with van der Waals surface area (Å²) in [6.07, 6.45) is 6.89. The van der Waals surface area contributed by atoms with Crippen LogP contribution in [-0.2, 0) is 9.53 Å². The molecule has 3 nitrogen and oxygen atoms in total. The van der Waals surface area contributed by atoms with Crippen LogP contribution < -0.4 is 0 Å². The van der Waals surface area contributed by atoms with Crippen molar-refractivity contribution in [2.24, 2.45) is 11.3 Å². The summed E-state index contributed by atoms with van der Waals surface area (Å²) in [5, 5.41) is 0. The zero-order valence-electron chi connectivity index (χ0n) is 12.2. The molecular formula is C18H20O3. The Morgan fingerprint density at radius 3 is 2.81 bits per heavy atom. The normalized spacial score (nSPS) is 31.6. The molecule has 0 aliphatic heterocycles. The van der Waals surface area contributed by atoms with E-state index in [2.05, 4.69) is 13.0 Å². The highest BCUT2D eigenvalue weighted by molar-refractivity contribution is 5.91. The number of hydrogen-bond acceptors (Lipinski definition) is 3. The molecule has 1 aromatic carbocycles. The van der Waals surface area contributed by atoms with Gasteiger partial charge in [0.25, 0.3) is 0 Å². The Balaban J connectivity index is 1.66. The quantitative estimate of drug-likeness (QED) is 0.780.